The van der Waals surface area contributed by atoms with Crippen LogP contribution in [0.4, 0.5) is 0 Å². The molecule has 0 spiro atoms. The minimum absolute atomic E-state index is 0. The number of rotatable bonds is 4. The number of hydrogen-bond donors (Lipinski definition) is 0. The molecule has 0 aliphatic rings. The molecule has 0 saturated carbocycles. The van der Waals surface area contributed by atoms with Gasteiger partial charge in [0.05, 0.1) is 5.52 Å². The zero-order valence-corrected chi connectivity index (χ0v) is 23.2. The number of aromatic nitrogens is 5. The van der Waals surface area contributed by atoms with Crippen LogP contribution in [0.15, 0.2) is 120 Å². The molecule has 0 bridgehead atoms. The predicted octanol–water partition coefficient (Wildman–Crippen LogP) is 7.44. The van der Waals surface area contributed by atoms with E-state index < -0.39 is 0 Å². The first kappa shape index (κ1) is 24.3. The summed E-state index contributed by atoms with van der Waals surface area (Å²) < 4.78 is 10.2. The molecule has 0 radical (unpaired) electrons. The SMILES string of the molecule is [Pt+2].[c-]1c(-c2ccccn2)cccc1-n1c2[c-]c(-c3nc4ccccc4o3)cc(-n3cccn3)c2c2ccccc21. The van der Waals surface area contributed by atoms with Crippen molar-refractivity contribution in [1.82, 2.24) is 24.3 Å². The van der Waals surface area contributed by atoms with Crippen molar-refractivity contribution in [3.05, 3.63) is 128 Å². The van der Waals surface area contributed by atoms with Gasteiger partial charge in [0, 0.05) is 24.1 Å². The Hall–Kier alpha value is -4.80. The van der Waals surface area contributed by atoms with Crippen molar-refractivity contribution in [2.45, 2.75) is 0 Å². The summed E-state index contributed by atoms with van der Waals surface area (Å²) in [5.41, 5.74) is 7.81. The number of para-hydroxylation sites is 3. The third-order valence-corrected chi connectivity index (χ3v) is 6.90. The van der Waals surface area contributed by atoms with Gasteiger partial charge in [-0.1, -0.05) is 48.0 Å². The quantitative estimate of drug-likeness (QED) is 0.180. The van der Waals surface area contributed by atoms with Gasteiger partial charge in [-0.25, -0.2) is 0 Å². The molecule has 7 heteroatoms. The molecule has 0 N–H and O–H groups in total. The van der Waals surface area contributed by atoms with Crippen LogP contribution in [0.3, 0.4) is 0 Å². The van der Waals surface area contributed by atoms with Gasteiger partial charge >= 0.3 is 21.1 Å². The first-order chi connectivity index (χ1) is 19.3. The topological polar surface area (TPSA) is 61.7 Å². The second kappa shape index (κ2) is 9.74. The Labute approximate surface area is 243 Å². The van der Waals surface area contributed by atoms with Crippen LogP contribution >= 0.6 is 0 Å². The van der Waals surface area contributed by atoms with Gasteiger partial charge in [-0.05, 0) is 63.7 Å². The standard InChI is InChI=1S/C33H19N5O.Pt/c1-3-14-28-25(11-1)32-29(37-18-8-17-35-37)20-23(33-36-27-13-2-4-15-31(27)39-33)21-30(32)38(28)24-10-7-9-22(19-24)26-12-5-6-16-34-26;/h1-18,20H;/q-2;+2. The van der Waals surface area contributed by atoms with E-state index in [1.165, 1.54) is 0 Å². The minimum Gasteiger partial charge on any atom is -0.481 e. The number of oxazole rings is 1. The van der Waals surface area contributed by atoms with Crippen molar-refractivity contribution in [3.63, 3.8) is 0 Å². The summed E-state index contributed by atoms with van der Waals surface area (Å²) in [6, 6.07) is 39.4. The third kappa shape index (κ3) is 3.88. The second-order valence-corrected chi connectivity index (χ2v) is 9.25. The summed E-state index contributed by atoms with van der Waals surface area (Å²) in [4.78, 5) is 9.31. The van der Waals surface area contributed by atoms with Crippen LogP contribution in [0.25, 0.3) is 67.0 Å². The van der Waals surface area contributed by atoms with Gasteiger partial charge in [0.15, 0.2) is 0 Å². The normalized spacial score (nSPS) is 11.3. The fraction of sp³-hybridized carbons (Fsp3) is 0. The first-order valence-electron chi connectivity index (χ1n) is 12.6. The van der Waals surface area contributed by atoms with Crippen LogP contribution in [-0.2, 0) is 21.1 Å². The van der Waals surface area contributed by atoms with E-state index in [1.807, 2.05) is 77.6 Å². The molecule has 0 amide bonds. The van der Waals surface area contributed by atoms with Gasteiger partial charge < -0.3 is 14.0 Å². The molecular formula is C33H19N5OPt. The minimum atomic E-state index is 0. The van der Waals surface area contributed by atoms with Crippen molar-refractivity contribution < 1.29 is 25.5 Å². The maximum Gasteiger partial charge on any atom is 2.00 e. The summed E-state index contributed by atoms with van der Waals surface area (Å²) in [5, 5.41) is 6.71. The number of pyridine rings is 1. The van der Waals surface area contributed by atoms with E-state index in [1.54, 1.807) is 12.4 Å². The molecule has 0 atom stereocenters. The summed E-state index contributed by atoms with van der Waals surface area (Å²) in [7, 11) is 0. The Balaban J connectivity index is 0.00000264. The van der Waals surface area contributed by atoms with E-state index in [-0.39, 0.29) is 21.1 Å². The maximum atomic E-state index is 6.17. The Morgan fingerprint density at radius 1 is 0.750 bits per heavy atom. The van der Waals surface area contributed by atoms with Crippen LogP contribution < -0.4 is 0 Å². The second-order valence-electron chi connectivity index (χ2n) is 9.25. The van der Waals surface area contributed by atoms with Crippen molar-refractivity contribution >= 4 is 32.9 Å². The molecule has 0 aliphatic heterocycles. The third-order valence-electron chi connectivity index (χ3n) is 6.90. The van der Waals surface area contributed by atoms with Gasteiger partial charge in [0.1, 0.15) is 11.5 Å². The smallest absolute Gasteiger partial charge is 0.481 e. The first-order valence-corrected chi connectivity index (χ1v) is 12.6. The molecule has 4 aromatic carbocycles. The van der Waals surface area contributed by atoms with Crippen LogP contribution in [-0.4, -0.2) is 24.3 Å². The van der Waals surface area contributed by atoms with E-state index in [0.717, 1.165) is 61.1 Å². The van der Waals surface area contributed by atoms with Gasteiger partial charge in [-0.3, -0.25) is 9.67 Å². The largest absolute Gasteiger partial charge is 2.00 e. The van der Waals surface area contributed by atoms with Crippen LogP contribution in [0.2, 0.25) is 0 Å². The fourth-order valence-electron chi connectivity index (χ4n) is 5.19. The number of benzene rings is 4. The van der Waals surface area contributed by atoms with Crippen molar-refractivity contribution in [2.75, 3.05) is 0 Å². The van der Waals surface area contributed by atoms with Crippen LogP contribution in [0.1, 0.15) is 0 Å². The number of fused-ring (bicyclic) bond motifs is 4. The molecule has 40 heavy (non-hydrogen) atoms. The van der Waals surface area contributed by atoms with E-state index in [4.69, 9.17) is 9.40 Å². The van der Waals surface area contributed by atoms with E-state index in [2.05, 4.69) is 57.1 Å². The predicted molar refractivity (Wildman–Crippen MR) is 152 cm³/mol. The maximum absolute atomic E-state index is 6.17. The average Bonchev–Trinajstić information content (AvgIpc) is 3.75. The molecule has 4 heterocycles. The number of hydrogen-bond acceptors (Lipinski definition) is 4. The van der Waals surface area contributed by atoms with E-state index in [9.17, 15) is 0 Å². The molecule has 0 aliphatic carbocycles. The van der Waals surface area contributed by atoms with Gasteiger partial charge in [-0.2, -0.15) is 5.10 Å². The van der Waals surface area contributed by atoms with Gasteiger partial charge in [-0.15, -0.1) is 42.0 Å². The molecule has 0 unspecified atom stereocenters. The Kier molecular flexibility index (Phi) is 5.91. The van der Waals surface area contributed by atoms with Crippen LogP contribution in [0, 0.1) is 12.1 Å². The number of nitrogens with zero attached hydrogens (tertiary/aromatic N) is 5. The molecule has 0 fully saturated rings. The summed E-state index contributed by atoms with van der Waals surface area (Å²) in [6.07, 6.45) is 5.53. The average molecular weight is 697 g/mol. The molecular weight excluding hydrogens is 677 g/mol. The zero-order valence-electron chi connectivity index (χ0n) is 20.9. The van der Waals surface area contributed by atoms with Crippen molar-refractivity contribution in [2.24, 2.45) is 0 Å². The van der Waals surface area contributed by atoms with Crippen molar-refractivity contribution in [1.29, 1.82) is 0 Å². The van der Waals surface area contributed by atoms with E-state index >= 15 is 0 Å². The van der Waals surface area contributed by atoms with Crippen LogP contribution in [0.5, 0.6) is 0 Å². The van der Waals surface area contributed by atoms with E-state index in [0.29, 0.717) is 5.89 Å². The summed E-state index contributed by atoms with van der Waals surface area (Å²) in [5.74, 6) is 0.509. The molecule has 0 saturated heterocycles. The molecule has 8 rings (SSSR count). The molecule has 192 valence electrons. The Bertz CT molecular complexity index is 2090. The fourth-order valence-corrected chi connectivity index (χ4v) is 5.19. The monoisotopic (exact) mass is 696 g/mol. The molecule has 6 nitrogen and oxygen atoms in total. The zero-order chi connectivity index (χ0) is 25.8. The van der Waals surface area contributed by atoms with Gasteiger partial charge in [0.25, 0.3) is 0 Å². The van der Waals surface area contributed by atoms with Gasteiger partial charge in [0.2, 0.25) is 0 Å². The van der Waals surface area contributed by atoms with Crippen molar-refractivity contribution in [3.8, 4) is 34.1 Å². The Morgan fingerprint density at radius 3 is 2.48 bits per heavy atom. The summed E-state index contributed by atoms with van der Waals surface area (Å²) >= 11 is 0. The molecule has 4 aromatic heterocycles. The Morgan fingerprint density at radius 2 is 1.62 bits per heavy atom. The summed E-state index contributed by atoms with van der Waals surface area (Å²) in [6.45, 7) is 0. The molecule has 8 aromatic rings.